The first-order chi connectivity index (χ1) is 15.7. The monoisotopic (exact) mass is 473 g/mol. The van der Waals surface area contributed by atoms with Crippen molar-refractivity contribution < 1.29 is 13.2 Å². The lowest BCUT2D eigenvalue weighted by atomic mass is 10.3. The van der Waals surface area contributed by atoms with Gasteiger partial charge in [-0.05, 0) is 38.2 Å². The van der Waals surface area contributed by atoms with Crippen LogP contribution < -0.4 is 15.1 Å². The van der Waals surface area contributed by atoms with Crippen LogP contribution in [-0.4, -0.2) is 92.9 Å². The van der Waals surface area contributed by atoms with Crippen molar-refractivity contribution in [1.29, 1.82) is 0 Å². The number of carbonyl (C=O) groups excluding carboxylic acids is 1. The highest BCUT2D eigenvalue weighted by Gasteiger charge is 2.29. The topological polar surface area (TPSA) is 102 Å². The van der Waals surface area contributed by atoms with Gasteiger partial charge in [-0.15, -0.1) is 0 Å². The summed E-state index contributed by atoms with van der Waals surface area (Å²) in [6.07, 6.45) is 0. The van der Waals surface area contributed by atoms with Gasteiger partial charge in [0.2, 0.25) is 15.9 Å². The minimum atomic E-state index is -3.60. The molecule has 2 aromatic rings. The Bertz CT molecular complexity index is 1090. The molecule has 1 amide bonds. The number of sulfonamides is 1. The molecule has 0 radical (unpaired) electrons. The summed E-state index contributed by atoms with van der Waals surface area (Å²) in [5.74, 6) is 2.29. The summed E-state index contributed by atoms with van der Waals surface area (Å²) in [7, 11) is -1.48. The van der Waals surface area contributed by atoms with E-state index in [0.717, 1.165) is 43.6 Å². The molecule has 0 saturated carbocycles. The fourth-order valence-corrected chi connectivity index (χ4v) is 5.54. The van der Waals surface area contributed by atoms with Crippen molar-refractivity contribution in [2.45, 2.75) is 18.7 Å². The predicted molar refractivity (Wildman–Crippen MR) is 128 cm³/mol. The molecule has 1 aromatic heterocycles. The zero-order valence-electron chi connectivity index (χ0n) is 19.4. The van der Waals surface area contributed by atoms with Gasteiger partial charge in [0, 0.05) is 71.0 Å². The molecule has 0 spiro atoms. The fourth-order valence-electron chi connectivity index (χ4n) is 4.12. The number of piperazine rings is 2. The largest absolute Gasteiger partial charge is 0.354 e. The Labute approximate surface area is 195 Å². The Morgan fingerprint density at radius 3 is 1.91 bits per heavy atom. The third-order valence-corrected chi connectivity index (χ3v) is 7.93. The van der Waals surface area contributed by atoms with Crippen molar-refractivity contribution in [1.82, 2.24) is 19.2 Å². The summed E-state index contributed by atoms with van der Waals surface area (Å²) in [5.41, 5.74) is 0.571. The number of carbonyl (C=O) groups is 1. The van der Waals surface area contributed by atoms with Gasteiger partial charge in [-0.1, -0.05) is 0 Å². The molecule has 3 heterocycles. The second kappa shape index (κ2) is 9.62. The normalized spacial score (nSPS) is 18.4. The molecule has 0 atom stereocenters. The highest BCUT2D eigenvalue weighted by molar-refractivity contribution is 7.89. The number of hydrogen-bond donors (Lipinski definition) is 1. The third-order valence-electron chi connectivity index (χ3n) is 6.01. The number of anilines is 3. The number of likely N-dealkylation sites (N-methyl/N-ethyl adjacent to an activating group) is 1. The summed E-state index contributed by atoms with van der Waals surface area (Å²) < 4.78 is 27.7. The molecule has 0 aliphatic carbocycles. The van der Waals surface area contributed by atoms with E-state index in [4.69, 9.17) is 0 Å². The van der Waals surface area contributed by atoms with Crippen LogP contribution in [0.3, 0.4) is 0 Å². The van der Waals surface area contributed by atoms with Crippen LogP contribution in [0.15, 0.2) is 35.2 Å². The number of rotatable bonds is 5. The molecule has 0 bridgehead atoms. The third kappa shape index (κ3) is 5.43. The maximum Gasteiger partial charge on any atom is 0.243 e. The van der Waals surface area contributed by atoms with Crippen molar-refractivity contribution in [2.24, 2.45) is 0 Å². The first-order valence-corrected chi connectivity index (χ1v) is 12.6. The van der Waals surface area contributed by atoms with E-state index in [-0.39, 0.29) is 10.8 Å². The molecule has 2 aliphatic rings. The van der Waals surface area contributed by atoms with Crippen LogP contribution in [0.25, 0.3) is 0 Å². The molecule has 2 fully saturated rings. The van der Waals surface area contributed by atoms with Gasteiger partial charge in [0.05, 0.1) is 4.90 Å². The van der Waals surface area contributed by atoms with E-state index >= 15 is 0 Å². The van der Waals surface area contributed by atoms with Gasteiger partial charge in [0.25, 0.3) is 0 Å². The van der Waals surface area contributed by atoms with Gasteiger partial charge in [-0.3, -0.25) is 4.79 Å². The van der Waals surface area contributed by atoms with Crippen molar-refractivity contribution in [3.05, 3.63) is 36.2 Å². The van der Waals surface area contributed by atoms with Crippen molar-refractivity contribution in [2.75, 3.05) is 74.5 Å². The smallest absolute Gasteiger partial charge is 0.243 e. The summed E-state index contributed by atoms with van der Waals surface area (Å²) in [5, 5.41) is 2.65. The van der Waals surface area contributed by atoms with Gasteiger partial charge in [0.1, 0.15) is 17.5 Å². The summed E-state index contributed by atoms with van der Waals surface area (Å²) in [6, 6.07) is 8.29. The highest BCUT2D eigenvalue weighted by atomic mass is 32.2. The zero-order valence-corrected chi connectivity index (χ0v) is 20.2. The molecule has 11 heteroatoms. The number of hydrogen-bond acceptors (Lipinski definition) is 8. The molecule has 1 aromatic carbocycles. The Kier molecular flexibility index (Phi) is 6.82. The zero-order chi connectivity index (χ0) is 23.6. The molecule has 2 aliphatic heterocycles. The van der Waals surface area contributed by atoms with Gasteiger partial charge in [-0.25, -0.2) is 18.4 Å². The van der Waals surface area contributed by atoms with Crippen LogP contribution in [0.5, 0.6) is 0 Å². The van der Waals surface area contributed by atoms with E-state index in [0.29, 0.717) is 31.9 Å². The standard InChI is InChI=1S/C22H31N7O3S/c1-17-23-21(27-10-8-26(3)9-11-27)16-22(24-17)28-12-14-29(15-13-28)33(31,32)20-6-4-19(5-7-20)25-18(2)30/h4-7,16H,8-15H2,1-3H3,(H,25,30). The SMILES string of the molecule is CC(=O)Nc1ccc(S(=O)(=O)N2CCN(c3cc(N4CCN(C)CC4)nc(C)n3)CC2)cc1. The van der Waals surface area contributed by atoms with Gasteiger partial charge in [0.15, 0.2) is 0 Å². The Hall–Kier alpha value is -2.76. The number of benzene rings is 1. The average molecular weight is 474 g/mol. The number of aryl methyl sites for hydroxylation is 1. The molecule has 33 heavy (non-hydrogen) atoms. The van der Waals surface area contributed by atoms with Crippen molar-refractivity contribution in [3.8, 4) is 0 Å². The number of amides is 1. The van der Waals surface area contributed by atoms with Crippen LogP contribution in [0.2, 0.25) is 0 Å². The van der Waals surface area contributed by atoms with Crippen molar-refractivity contribution in [3.63, 3.8) is 0 Å². The first kappa shape index (κ1) is 23.4. The van der Waals surface area contributed by atoms with E-state index in [1.807, 2.05) is 13.0 Å². The molecule has 4 rings (SSSR count). The number of nitrogens with one attached hydrogen (secondary N) is 1. The Morgan fingerprint density at radius 1 is 0.879 bits per heavy atom. The number of nitrogens with zero attached hydrogens (tertiary/aromatic N) is 6. The van der Waals surface area contributed by atoms with E-state index in [1.54, 1.807) is 12.1 Å². The van der Waals surface area contributed by atoms with E-state index in [2.05, 4.69) is 37.0 Å². The van der Waals surface area contributed by atoms with Gasteiger partial charge < -0.3 is 20.0 Å². The quantitative estimate of drug-likeness (QED) is 0.687. The lowest BCUT2D eigenvalue weighted by Gasteiger charge is -2.36. The van der Waals surface area contributed by atoms with Gasteiger partial charge in [-0.2, -0.15) is 4.31 Å². The average Bonchev–Trinajstić information content (AvgIpc) is 2.79. The second-order valence-electron chi connectivity index (χ2n) is 8.52. The van der Waals surface area contributed by atoms with Crippen LogP contribution in [0.4, 0.5) is 17.3 Å². The molecular weight excluding hydrogens is 442 g/mol. The lowest BCUT2D eigenvalue weighted by Crippen LogP contribution is -2.49. The predicted octanol–water partition coefficient (Wildman–Crippen LogP) is 1.01. The van der Waals surface area contributed by atoms with E-state index in [9.17, 15) is 13.2 Å². The van der Waals surface area contributed by atoms with Crippen LogP contribution in [0.1, 0.15) is 12.7 Å². The fraction of sp³-hybridized carbons (Fsp3) is 0.500. The van der Waals surface area contributed by atoms with Crippen LogP contribution in [-0.2, 0) is 14.8 Å². The molecule has 0 unspecified atom stereocenters. The minimum Gasteiger partial charge on any atom is -0.354 e. The lowest BCUT2D eigenvalue weighted by molar-refractivity contribution is -0.114. The van der Waals surface area contributed by atoms with E-state index in [1.165, 1.54) is 23.4 Å². The summed E-state index contributed by atoms with van der Waals surface area (Å²) in [4.78, 5) is 27.4. The molecule has 1 N–H and O–H groups in total. The maximum absolute atomic E-state index is 13.1. The number of aromatic nitrogens is 2. The first-order valence-electron chi connectivity index (χ1n) is 11.1. The van der Waals surface area contributed by atoms with Gasteiger partial charge >= 0.3 is 0 Å². The summed E-state index contributed by atoms with van der Waals surface area (Å²) in [6.45, 7) is 9.04. The van der Waals surface area contributed by atoms with Crippen LogP contribution >= 0.6 is 0 Å². The van der Waals surface area contributed by atoms with Crippen molar-refractivity contribution >= 4 is 33.3 Å². The second-order valence-corrected chi connectivity index (χ2v) is 10.5. The molecule has 178 valence electrons. The Morgan fingerprint density at radius 2 is 1.39 bits per heavy atom. The highest BCUT2D eigenvalue weighted by Crippen LogP contribution is 2.24. The molecule has 2 saturated heterocycles. The maximum atomic E-state index is 13.1. The summed E-state index contributed by atoms with van der Waals surface area (Å²) >= 11 is 0. The van der Waals surface area contributed by atoms with E-state index < -0.39 is 10.0 Å². The van der Waals surface area contributed by atoms with Crippen LogP contribution in [0, 0.1) is 6.92 Å². The molecule has 10 nitrogen and oxygen atoms in total. The molecular formula is C22H31N7O3S. The Balaban J connectivity index is 1.42. The minimum absolute atomic E-state index is 0.197.